The van der Waals surface area contributed by atoms with E-state index < -0.39 is 0 Å². The number of rotatable bonds is 4. The molecule has 2 rings (SSSR count). The van der Waals surface area contributed by atoms with Crippen LogP contribution in [0, 0.1) is 0 Å². The normalized spacial score (nSPS) is 15.6. The second kappa shape index (κ2) is 4.26. The van der Waals surface area contributed by atoms with Crippen LogP contribution in [0.4, 0.5) is 5.82 Å². The van der Waals surface area contributed by atoms with E-state index in [4.69, 9.17) is 0 Å². The summed E-state index contributed by atoms with van der Waals surface area (Å²) in [6.07, 6.45) is 3.59. The standard InChI is InChI=1S/C10H14BrN3/c1-2-5-12-9-6-8(11)13-10(14-9)7-3-4-7/h6-7H,2-5H2,1H3,(H,12,13,14). The Morgan fingerprint density at radius 1 is 1.50 bits per heavy atom. The Labute approximate surface area is 92.5 Å². The zero-order chi connectivity index (χ0) is 9.97. The predicted octanol–water partition coefficient (Wildman–Crippen LogP) is 2.94. The topological polar surface area (TPSA) is 37.8 Å². The van der Waals surface area contributed by atoms with Gasteiger partial charge in [0.15, 0.2) is 0 Å². The molecule has 1 heterocycles. The Morgan fingerprint density at radius 3 is 2.93 bits per heavy atom. The highest BCUT2D eigenvalue weighted by Gasteiger charge is 2.27. The highest BCUT2D eigenvalue weighted by molar-refractivity contribution is 9.10. The van der Waals surface area contributed by atoms with Gasteiger partial charge in [0.2, 0.25) is 0 Å². The van der Waals surface area contributed by atoms with Gasteiger partial charge in [-0.1, -0.05) is 6.92 Å². The van der Waals surface area contributed by atoms with Crippen molar-refractivity contribution in [3.05, 3.63) is 16.5 Å². The molecule has 1 aromatic heterocycles. The van der Waals surface area contributed by atoms with E-state index in [-0.39, 0.29) is 0 Å². The minimum atomic E-state index is 0.606. The molecule has 0 unspecified atom stereocenters. The molecule has 1 aromatic rings. The van der Waals surface area contributed by atoms with Gasteiger partial charge in [0.1, 0.15) is 16.2 Å². The molecule has 76 valence electrons. The number of aromatic nitrogens is 2. The molecule has 0 radical (unpaired) electrons. The van der Waals surface area contributed by atoms with Crippen LogP contribution in [-0.4, -0.2) is 16.5 Å². The average molecular weight is 256 g/mol. The molecule has 0 amide bonds. The summed E-state index contributed by atoms with van der Waals surface area (Å²) in [5, 5.41) is 3.28. The molecular weight excluding hydrogens is 242 g/mol. The van der Waals surface area contributed by atoms with Crippen LogP contribution in [0.3, 0.4) is 0 Å². The van der Waals surface area contributed by atoms with Crippen molar-refractivity contribution in [2.24, 2.45) is 0 Å². The lowest BCUT2D eigenvalue weighted by molar-refractivity contribution is 0.899. The fourth-order valence-corrected chi connectivity index (χ4v) is 1.70. The molecule has 3 nitrogen and oxygen atoms in total. The molecule has 1 N–H and O–H groups in total. The predicted molar refractivity (Wildman–Crippen MR) is 60.5 cm³/mol. The van der Waals surface area contributed by atoms with Gasteiger partial charge in [0.25, 0.3) is 0 Å². The summed E-state index contributed by atoms with van der Waals surface area (Å²) in [6, 6.07) is 1.93. The van der Waals surface area contributed by atoms with Crippen LogP contribution >= 0.6 is 15.9 Å². The lowest BCUT2D eigenvalue weighted by atomic mass is 10.4. The van der Waals surface area contributed by atoms with Crippen LogP contribution in [0.5, 0.6) is 0 Å². The maximum absolute atomic E-state index is 4.48. The third-order valence-corrected chi connectivity index (χ3v) is 2.62. The number of hydrogen-bond donors (Lipinski definition) is 1. The first-order valence-corrected chi connectivity index (χ1v) is 5.87. The van der Waals surface area contributed by atoms with E-state index in [0.717, 1.165) is 29.2 Å². The van der Waals surface area contributed by atoms with Crippen LogP contribution in [0.1, 0.15) is 37.9 Å². The summed E-state index contributed by atoms with van der Waals surface area (Å²) in [5.41, 5.74) is 0. The first kappa shape index (κ1) is 9.90. The van der Waals surface area contributed by atoms with Gasteiger partial charge in [0, 0.05) is 18.5 Å². The summed E-state index contributed by atoms with van der Waals surface area (Å²) in [4.78, 5) is 8.85. The third-order valence-electron chi connectivity index (χ3n) is 2.21. The van der Waals surface area contributed by atoms with Crippen LogP contribution in [0.25, 0.3) is 0 Å². The SMILES string of the molecule is CCCNc1cc(Br)nc(C2CC2)n1. The first-order chi connectivity index (χ1) is 6.79. The number of nitrogens with one attached hydrogen (secondary N) is 1. The lowest BCUT2D eigenvalue weighted by Crippen LogP contribution is -2.04. The van der Waals surface area contributed by atoms with E-state index in [2.05, 4.69) is 38.1 Å². The van der Waals surface area contributed by atoms with E-state index in [0.29, 0.717) is 5.92 Å². The molecule has 14 heavy (non-hydrogen) atoms. The minimum absolute atomic E-state index is 0.606. The van der Waals surface area contributed by atoms with Gasteiger partial charge in [-0.05, 0) is 35.2 Å². The van der Waals surface area contributed by atoms with E-state index >= 15 is 0 Å². The van der Waals surface area contributed by atoms with Crippen molar-refractivity contribution in [3.8, 4) is 0 Å². The number of halogens is 1. The van der Waals surface area contributed by atoms with Crippen LogP contribution in [-0.2, 0) is 0 Å². The summed E-state index contributed by atoms with van der Waals surface area (Å²) in [7, 11) is 0. The number of anilines is 1. The van der Waals surface area contributed by atoms with Crippen molar-refractivity contribution in [1.29, 1.82) is 0 Å². The summed E-state index contributed by atoms with van der Waals surface area (Å²) < 4.78 is 0.882. The second-order valence-corrected chi connectivity index (χ2v) is 4.45. The third kappa shape index (κ3) is 2.44. The average Bonchev–Trinajstić information content (AvgIpc) is 2.97. The molecule has 1 aliphatic carbocycles. The Balaban J connectivity index is 2.13. The minimum Gasteiger partial charge on any atom is -0.370 e. The van der Waals surface area contributed by atoms with Crippen molar-refractivity contribution in [1.82, 2.24) is 9.97 Å². The largest absolute Gasteiger partial charge is 0.370 e. The molecule has 0 bridgehead atoms. The van der Waals surface area contributed by atoms with Gasteiger partial charge >= 0.3 is 0 Å². The molecular formula is C10H14BrN3. The van der Waals surface area contributed by atoms with E-state index in [1.807, 2.05) is 6.07 Å². The molecule has 0 aliphatic heterocycles. The summed E-state index contributed by atoms with van der Waals surface area (Å²) in [5.74, 6) is 2.53. The van der Waals surface area contributed by atoms with Crippen molar-refractivity contribution >= 4 is 21.7 Å². The van der Waals surface area contributed by atoms with Gasteiger partial charge in [-0.25, -0.2) is 9.97 Å². The smallest absolute Gasteiger partial charge is 0.135 e. The maximum atomic E-state index is 4.48. The van der Waals surface area contributed by atoms with E-state index in [1.165, 1.54) is 12.8 Å². The number of hydrogen-bond acceptors (Lipinski definition) is 3. The monoisotopic (exact) mass is 255 g/mol. The fourth-order valence-electron chi connectivity index (χ4n) is 1.30. The zero-order valence-corrected chi connectivity index (χ0v) is 9.84. The molecule has 1 fully saturated rings. The molecule has 0 aromatic carbocycles. The molecule has 1 aliphatic rings. The van der Waals surface area contributed by atoms with E-state index in [9.17, 15) is 0 Å². The molecule has 4 heteroatoms. The fraction of sp³-hybridized carbons (Fsp3) is 0.600. The van der Waals surface area contributed by atoms with Gasteiger partial charge < -0.3 is 5.32 Å². The van der Waals surface area contributed by atoms with Crippen LogP contribution in [0.2, 0.25) is 0 Å². The maximum Gasteiger partial charge on any atom is 0.135 e. The van der Waals surface area contributed by atoms with E-state index in [1.54, 1.807) is 0 Å². The van der Waals surface area contributed by atoms with Crippen molar-refractivity contribution in [2.45, 2.75) is 32.1 Å². The van der Waals surface area contributed by atoms with Gasteiger partial charge in [0.05, 0.1) is 0 Å². The first-order valence-electron chi connectivity index (χ1n) is 5.08. The molecule has 0 saturated heterocycles. The van der Waals surface area contributed by atoms with Crippen LogP contribution < -0.4 is 5.32 Å². The lowest BCUT2D eigenvalue weighted by Gasteiger charge is -2.05. The Bertz CT molecular complexity index is 323. The van der Waals surface area contributed by atoms with Gasteiger partial charge in [-0.15, -0.1) is 0 Å². The Hall–Kier alpha value is -0.640. The van der Waals surface area contributed by atoms with Gasteiger partial charge in [-0.3, -0.25) is 0 Å². The van der Waals surface area contributed by atoms with Crippen LogP contribution in [0.15, 0.2) is 10.7 Å². The molecule has 0 atom stereocenters. The number of nitrogens with zero attached hydrogens (tertiary/aromatic N) is 2. The molecule has 1 saturated carbocycles. The highest BCUT2D eigenvalue weighted by atomic mass is 79.9. The summed E-state index contributed by atoms with van der Waals surface area (Å²) >= 11 is 3.41. The Morgan fingerprint density at radius 2 is 2.29 bits per heavy atom. The van der Waals surface area contributed by atoms with Crippen molar-refractivity contribution in [3.63, 3.8) is 0 Å². The highest BCUT2D eigenvalue weighted by Crippen LogP contribution is 2.38. The van der Waals surface area contributed by atoms with Gasteiger partial charge in [-0.2, -0.15) is 0 Å². The van der Waals surface area contributed by atoms with Crippen molar-refractivity contribution in [2.75, 3.05) is 11.9 Å². The summed E-state index contributed by atoms with van der Waals surface area (Å²) in [6.45, 7) is 3.11. The Kier molecular flexibility index (Phi) is 3.01. The quantitative estimate of drug-likeness (QED) is 0.841. The van der Waals surface area contributed by atoms with Crippen molar-refractivity contribution < 1.29 is 0 Å². The molecule has 0 spiro atoms. The second-order valence-electron chi connectivity index (χ2n) is 3.64. The zero-order valence-electron chi connectivity index (χ0n) is 8.26.